The van der Waals surface area contributed by atoms with Crippen LogP contribution in [0, 0.1) is 5.92 Å². The number of fused-ring (bicyclic) bond motifs is 3. The highest BCUT2D eigenvalue weighted by Gasteiger charge is 2.36. The predicted octanol–water partition coefficient (Wildman–Crippen LogP) is 3.42. The van der Waals surface area contributed by atoms with Crippen molar-refractivity contribution in [3.05, 3.63) is 39.5 Å². The number of piperidine rings is 3. The van der Waals surface area contributed by atoms with Crippen LogP contribution < -0.4 is 0 Å². The Morgan fingerprint density at radius 2 is 1.94 bits per heavy atom. The van der Waals surface area contributed by atoms with Gasteiger partial charge in [-0.2, -0.15) is 0 Å². The van der Waals surface area contributed by atoms with Crippen LogP contribution in [-0.4, -0.2) is 29.2 Å². The third-order valence-electron chi connectivity index (χ3n) is 3.92. The van der Waals surface area contributed by atoms with Gasteiger partial charge in [-0.25, -0.2) is 0 Å². The van der Waals surface area contributed by atoms with E-state index in [9.17, 15) is 5.11 Å². The molecule has 0 aliphatic carbocycles. The summed E-state index contributed by atoms with van der Waals surface area (Å²) in [5.74, 6) is 0.410. The molecule has 0 spiro atoms. The summed E-state index contributed by atoms with van der Waals surface area (Å²) >= 11 is 12.1. The van der Waals surface area contributed by atoms with E-state index in [1.807, 2.05) is 18.2 Å². The van der Waals surface area contributed by atoms with Crippen LogP contribution in [0.1, 0.15) is 18.4 Å². The van der Waals surface area contributed by atoms with Gasteiger partial charge < -0.3 is 10.0 Å². The molecule has 0 saturated carbocycles. The summed E-state index contributed by atoms with van der Waals surface area (Å²) in [6.07, 6.45) is 3.83. The molecule has 0 amide bonds. The molecule has 4 heteroatoms. The van der Waals surface area contributed by atoms with Crippen molar-refractivity contribution in [2.24, 2.45) is 5.92 Å². The van der Waals surface area contributed by atoms with E-state index in [0.29, 0.717) is 16.0 Å². The topological polar surface area (TPSA) is 23.5 Å². The lowest BCUT2D eigenvalue weighted by Crippen LogP contribution is -2.48. The van der Waals surface area contributed by atoms with Crippen molar-refractivity contribution in [1.82, 2.24) is 4.90 Å². The second kappa shape index (κ2) is 4.76. The van der Waals surface area contributed by atoms with Crippen LogP contribution in [0.25, 0.3) is 6.08 Å². The summed E-state index contributed by atoms with van der Waals surface area (Å²) in [5.41, 5.74) is 1.92. The summed E-state index contributed by atoms with van der Waals surface area (Å²) < 4.78 is 0. The molecule has 1 aromatic carbocycles. The van der Waals surface area contributed by atoms with Crippen LogP contribution in [0.4, 0.5) is 0 Å². The highest BCUT2D eigenvalue weighted by molar-refractivity contribution is 6.35. The number of aliphatic hydroxyl groups excluding tert-OH is 1. The number of benzene rings is 1. The van der Waals surface area contributed by atoms with Crippen molar-refractivity contribution in [2.45, 2.75) is 18.9 Å². The van der Waals surface area contributed by atoms with Gasteiger partial charge >= 0.3 is 0 Å². The maximum atomic E-state index is 10.3. The monoisotopic (exact) mass is 283 g/mol. The standard InChI is InChI=1S/C14H15Cl2NO/c15-11-2-1-10(12(16)8-11)7-13-14(18)9-3-5-17(13)6-4-9/h1-2,7-9,14,18H,3-6H2/b13-7-. The molecule has 3 saturated heterocycles. The Hall–Kier alpha value is -0.700. The normalized spacial score (nSPS) is 29.1. The van der Waals surface area contributed by atoms with Gasteiger partial charge in [0.25, 0.3) is 0 Å². The molecule has 0 radical (unpaired) electrons. The SMILES string of the molecule is OC1/C(=C/c2ccc(Cl)cc2Cl)N2CCC1CC2. The van der Waals surface area contributed by atoms with Gasteiger partial charge in [0.1, 0.15) is 0 Å². The molecule has 1 atom stereocenters. The number of nitrogens with zero attached hydrogens (tertiary/aromatic N) is 1. The van der Waals surface area contributed by atoms with E-state index in [1.165, 1.54) is 0 Å². The zero-order valence-electron chi connectivity index (χ0n) is 9.94. The number of hydrogen-bond acceptors (Lipinski definition) is 2. The summed E-state index contributed by atoms with van der Waals surface area (Å²) in [4.78, 5) is 2.26. The van der Waals surface area contributed by atoms with Crippen molar-refractivity contribution in [3.63, 3.8) is 0 Å². The van der Waals surface area contributed by atoms with Gasteiger partial charge in [0.2, 0.25) is 0 Å². The first-order valence-electron chi connectivity index (χ1n) is 6.25. The zero-order valence-corrected chi connectivity index (χ0v) is 11.5. The quantitative estimate of drug-likeness (QED) is 0.854. The molecule has 1 N–H and O–H groups in total. The van der Waals surface area contributed by atoms with Crippen LogP contribution in [0.15, 0.2) is 23.9 Å². The third kappa shape index (κ3) is 2.13. The molecule has 0 aromatic heterocycles. The maximum absolute atomic E-state index is 10.3. The maximum Gasteiger partial charge on any atom is 0.0965 e. The fourth-order valence-corrected chi connectivity index (χ4v) is 3.32. The third-order valence-corrected chi connectivity index (χ3v) is 4.48. The Balaban J connectivity index is 1.96. The fraction of sp³-hybridized carbons (Fsp3) is 0.429. The van der Waals surface area contributed by atoms with E-state index < -0.39 is 0 Å². The van der Waals surface area contributed by atoms with Crippen molar-refractivity contribution in [1.29, 1.82) is 0 Å². The van der Waals surface area contributed by atoms with Gasteiger partial charge in [-0.1, -0.05) is 29.3 Å². The molecule has 1 unspecified atom stereocenters. The van der Waals surface area contributed by atoms with Gasteiger partial charge in [0.15, 0.2) is 0 Å². The highest BCUT2D eigenvalue weighted by Crippen LogP contribution is 2.36. The first kappa shape index (κ1) is 12.3. The van der Waals surface area contributed by atoms with Gasteiger partial charge in [-0.05, 0) is 42.5 Å². The lowest BCUT2D eigenvalue weighted by atomic mass is 9.83. The average Bonchev–Trinajstić information content (AvgIpc) is 2.37. The molecule has 3 aliphatic heterocycles. The molecule has 2 bridgehead atoms. The lowest BCUT2D eigenvalue weighted by Gasteiger charge is -2.46. The highest BCUT2D eigenvalue weighted by atomic mass is 35.5. The molecule has 3 heterocycles. The summed E-state index contributed by atoms with van der Waals surface area (Å²) in [5, 5.41) is 11.5. The van der Waals surface area contributed by atoms with Crippen LogP contribution in [0.3, 0.4) is 0 Å². The molecule has 1 aromatic rings. The molecule has 4 rings (SSSR count). The Morgan fingerprint density at radius 3 is 2.56 bits per heavy atom. The minimum absolute atomic E-state index is 0.348. The largest absolute Gasteiger partial charge is 0.387 e. The van der Waals surface area contributed by atoms with E-state index in [4.69, 9.17) is 23.2 Å². The van der Waals surface area contributed by atoms with E-state index >= 15 is 0 Å². The first-order chi connectivity index (χ1) is 8.65. The van der Waals surface area contributed by atoms with Gasteiger partial charge in [-0.15, -0.1) is 0 Å². The van der Waals surface area contributed by atoms with Crippen LogP contribution in [0.5, 0.6) is 0 Å². The van der Waals surface area contributed by atoms with Crippen molar-refractivity contribution in [3.8, 4) is 0 Å². The molecule has 96 valence electrons. The smallest absolute Gasteiger partial charge is 0.0965 e. The number of halogens is 2. The fourth-order valence-electron chi connectivity index (χ4n) is 2.86. The minimum atomic E-state index is -0.348. The van der Waals surface area contributed by atoms with Gasteiger partial charge in [-0.3, -0.25) is 0 Å². The van der Waals surface area contributed by atoms with Crippen LogP contribution in [0.2, 0.25) is 10.0 Å². The second-order valence-electron chi connectivity index (χ2n) is 5.00. The molecular formula is C14H15Cl2NO. The molecule has 3 fully saturated rings. The summed E-state index contributed by atoms with van der Waals surface area (Å²) in [7, 11) is 0. The van der Waals surface area contributed by atoms with E-state index in [1.54, 1.807) is 6.07 Å². The average molecular weight is 284 g/mol. The second-order valence-corrected chi connectivity index (χ2v) is 5.85. The predicted molar refractivity (Wildman–Crippen MR) is 74.7 cm³/mol. The van der Waals surface area contributed by atoms with Crippen molar-refractivity contribution < 1.29 is 5.11 Å². The number of aliphatic hydroxyl groups is 1. The summed E-state index contributed by atoms with van der Waals surface area (Å²) in [6.45, 7) is 2.08. The number of hydrogen-bond donors (Lipinski definition) is 1. The summed E-state index contributed by atoms with van der Waals surface area (Å²) in [6, 6.07) is 5.45. The minimum Gasteiger partial charge on any atom is -0.387 e. The van der Waals surface area contributed by atoms with Crippen molar-refractivity contribution >= 4 is 29.3 Å². The van der Waals surface area contributed by atoms with Crippen LogP contribution >= 0.6 is 23.2 Å². The Morgan fingerprint density at radius 1 is 1.22 bits per heavy atom. The Bertz CT molecular complexity index is 489. The Kier molecular flexibility index (Phi) is 3.27. The molecule has 18 heavy (non-hydrogen) atoms. The first-order valence-corrected chi connectivity index (χ1v) is 7.00. The van der Waals surface area contributed by atoms with Crippen molar-refractivity contribution in [2.75, 3.05) is 13.1 Å². The van der Waals surface area contributed by atoms with E-state index in [-0.39, 0.29) is 6.10 Å². The zero-order chi connectivity index (χ0) is 12.7. The van der Waals surface area contributed by atoms with E-state index in [2.05, 4.69) is 4.90 Å². The van der Waals surface area contributed by atoms with Crippen LogP contribution in [-0.2, 0) is 0 Å². The molecule has 3 aliphatic rings. The van der Waals surface area contributed by atoms with E-state index in [0.717, 1.165) is 37.2 Å². The number of rotatable bonds is 1. The lowest BCUT2D eigenvalue weighted by molar-refractivity contribution is 0.0215. The molecular weight excluding hydrogens is 269 g/mol. The van der Waals surface area contributed by atoms with Gasteiger partial charge in [0.05, 0.1) is 6.10 Å². The van der Waals surface area contributed by atoms with Gasteiger partial charge in [0, 0.05) is 28.8 Å². The Labute approximate surface area is 117 Å². The molecule has 2 nitrogen and oxygen atoms in total.